The van der Waals surface area contributed by atoms with Gasteiger partial charge in [0.2, 0.25) is 0 Å². The van der Waals surface area contributed by atoms with Crippen LogP contribution in [0.15, 0.2) is 36.7 Å². The van der Waals surface area contributed by atoms with E-state index in [-0.39, 0.29) is 11.9 Å². The summed E-state index contributed by atoms with van der Waals surface area (Å²) in [6.45, 7) is 4.68. The van der Waals surface area contributed by atoms with Gasteiger partial charge < -0.3 is 11.1 Å². The molecule has 1 heterocycles. The number of rotatable bonds is 5. The standard InChI is InChI=1S/C15H20N4O/c1-11(2)19-10-14(9-17-19)18-15(20)13-5-3-12(4-6-13)7-8-16/h3-6,9-11H,7-8,16H2,1-2H3,(H,18,20). The number of carbonyl (C=O) groups is 1. The van der Waals surface area contributed by atoms with E-state index in [2.05, 4.69) is 10.4 Å². The van der Waals surface area contributed by atoms with E-state index in [4.69, 9.17) is 5.73 Å². The lowest BCUT2D eigenvalue weighted by atomic mass is 10.1. The molecule has 0 unspecified atom stereocenters. The fourth-order valence-electron chi connectivity index (χ4n) is 1.88. The second kappa shape index (κ2) is 6.34. The number of amides is 1. The Morgan fingerprint density at radius 1 is 1.35 bits per heavy atom. The number of anilines is 1. The normalized spacial score (nSPS) is 10.8. The highest BCUT2D eigenvalue weighted by Gasteiger charge is 2.08. The number of carbonyl (C=O) groups excluding carboxylic acids is 1. The Labute approximate surface area is 118 Å². The zero-order valence-corrected chi connectivity index (χ0v) is 11.8. The molecule has 1 amide bonds. The molecule has 0 spiro atoms. The van der Waals surface area contributed by atoms with E-state index < -0.39 is 0 Å². The van der Waals surface area contributed by atoms with E-state index in [0.29, 0.717) is 17.8 Å². The molecule has 1 aromatic carbocycles. The molecule has 0 fully saturated rings. The summed E-state index contributed by atoms with van der Waals surface area (Å²) in [6, 6.07) is 7.76. The summed E-state index contributed by atoms with van der Waals surface area (Å²) in [4.78, 5) is 12.1. The number of aromatic nitrogens is 2. The van der Waals surface area contributed by atoms with Crippen LogP contribution in [0.4, 0.5) is 5.69 Å². The molecule has 106 valence electrons. The first kappa shape index (κ1) is 14.3. The molecule has 0 saturated carbocycles. The molecule has 3 N–H and O–H groups in total. The minimum atomic E-state index is -0.132. The van der Waals surface area contributed by atoms with Crippen LogP contribution in [0, 0.1) is 0 Å². The van der Waals surface area contributed by atoms with Crippen molar-refractivity contribution in [2.24, 2.45) is 5.73 Å². The molecule has 1 aromatic heterocycles. The molecule has 2 rings (SSSR count). The maximum Gasteiger partial charge on any atom is 0.255 e. The summed E-state index contributed by atoms with van der Waals surface area (Å²) in [5.74, 6) is -0.132. The Hall–Kier alpha value is -2.14. The van der Waals surface area contributed by atoms with E-state index in [1.54, 1.807) is 10.9 Å². The van der Waals surface area contributed by atoms with Crippen LogP contribution in [-0.2, 0) is 6.42 Å². The first-order chi connectivity index (χ1) is 9.60. The Morgan fingerprint density at radius 2 is 2.05 bits per heavy atom. The smallest absolute Gasteiger partial charge is 0.255 e. The topological polar surface area (TPSA) is 72.9 Å². The Kier molecular flexibility index (Phi) is 4.53. The van der Waals surface area contributed by atoms with Gasteiger partial charge in [-0.3, -0.25) is 9.48 Å². The second-order valence-corrected chi connectivity index (χ2v) is 4.99. The van der Waals surface area contributed by atoms with E-state index in [1.165, 1.54) is 0 Å². The molecule has 5 nitrogen and oxygen atoms in total. The molecule has 0 bridgehead atoms. The monoisotopic (exact) mass is 272 g/mol. The zero-order valence-electron chi connectivity index (χ0n) is 11.8. The average Bonchev–Trinajstić information content (AvgIpc) is 2.88. The zero-order chi connectivity index (χ0) is 14.5. The molecule has 0 aliphatic carbocycles. The predicted molar refractivity (Wildman–Crippen MR) is 79.8 cm³/mol. The van der Waals surface area contributed by atoms with E-state index in [0.717, 1.165) is 12.0 Å². The lowest BCUT2D eigenvalue weighted by Crippen LogP contribution is -2.11. The first-order valence-corrected chi connectivity index (χ1v) is 6.74. The minimum absolute atomic E-state index is 0.132. The third-order valence-corrected chi connectivity index (χ3v) is 3.04. The summed E-state index contributed by atoms with van der Waals surface area (Å²) in [5, 5.41) is 7.03. The van der Waals surface area contributed by atoms with E-state index >= 15 is 0 Å². The summed E-state index contributed by atoms with van der Waals surface area (Å²) in [5.41, 5.74) is 7.97. The van der Waals surface area contributed by atoms with Crippen molar-refractivity contribution in [3.05, 3.63) is 47.8 Å². The summed E-state index contributed by atoms with van der Waals surface area (Å²) >= 11 is 0. The molecular weight excluding hydrogens is 252 g/mol. The van der Waals surface area contributed by atoms with Crippen molar-refractivity contribution in [3.63, 3.8) is 0 Å². The lowest BCUT2D eigenvalue weighted by molar-refractivity contribution is 0.102. The molecule has 20 heavy (non-hydrogen) atoms. The summed E-state index contributed by atoms with van der Waals surface area (Å²) in [6.07, 6.45) is 4.30. The number of hydrogen-bond donors (Lipinski definition) is 2. The van der Waals surface area contributed by atoms with Gasteiger partial charge in [-0.1, -0.05) is 12.1 Å². The van der Waals surface area contributed by atoms with Gasteiger partial charge in [-0.25, -0.2) is 0 Å². The molecule has 2 aromatic rings. The largest absolute Gasteiger partial charge is 0.330 e. The van der Waals surface area contributed by atoms with Gasteiger partial charge in [0.1, 0.15) is 0 Å². The van der Waals surface area contributed by atoms with Crippen molar-refractivity contribution in [1.29, 1.82) is 0 Å². The molecule has 0 saturated heterocycles. The van der Waals surface area contributed by atoms with Crippen LogP contribution in [0.5, 0.6) is 0 Å². The van der Waals surface area contributed by atoms with Gasteiger partial charge in [-0.2, -0.15) is 5.10 Å². The number of benzene rings is 1. The van der Waals surface area contributed by atoms with Gasteiger partial charge in [0.05, 0.1) is 11.9 Å². The Balaban J connectivity index is 2.03. The van der Waals surface area contributed by atoms with Gasteiger partial charge >= 0.3 is 0 Å². The summed E-state index contributed by atoms with van der Waals surface area (Å²) in [7, 11) is 0. The number of nitrogens with two attached hydrogens (primary N) is 1. The van der Waals surface area contributed by atoms with Crippen LogP contribution < -0.4 is 11.1 Å². The van der Waals surface area contributed by atoms with Crippen LogP contribution in [0.25, 0.3) is 0 Å². The van der Waals surface area contributed by atoms with Crippen molar-refractivity contribution in [1.82, 2.24) is 9.78 Å². The SMILES string of the molecule is CC(C)n1cc(NC(=O)c2ccc(CCN)cc2)cn1. The van der Waals surface area contributed by atoms with Crippen molar-refractivity contribution < 1.29 is 4.79 Å². The van der Waals surface area contributed by atoms with Crippen molar-refractivity contribution in [2.45, 2.75) is 26.3 Å². The third-order valence-electron chi connectivity index (χ3n) is 3.04. The molecule has 5 heteroatoms. The Morgan fingerprint density at radius 3 is 2.60 bits per heavy atom. The van der Waals surface area contributed by atoms with Gasteiger partial charge in [0.15, 0.2) is 0 Å². The number of hydrogen-bond acceptors (Lipinski definition) is 3. The summed E-state index contributed by atoms with van der Waals surface area (Å²) < 4.78 is 1.81. The van der Waals surface area contributed by atoms with Crippen LogP contribution >= 0.6 is 0 Å². The van der Waals surface area contributed by atoms with Gasteiger partial charge in [0.25, 0.3) is 5.91 Å². The predicted octanol–water partition coefficient (Wildman–Crippen LogP) is 2.22. The molecule has 0 aliphatic rings. The lowest BCUT2D eigenvalue weighted by Gasteiger charge is -2.05. The fourth-order valence-corrected chi connectivity index (χ4v) is 1.88. The minimum Gasteiger partial charge on any atom is -0.330 e. The highest BCUT2D eigenvalue weighted by atomic mass is 16.1. The highest BCUT2D eigenvalue weighted by Crippen LogP contribution is 2.12. The highest BCUT2D eigenvalue weighted by molar-refractivity contribution is 6.04. The van der Waals surface area contributed by atoms with Crippen LogP contribution in [0.3, 0.4) is 0 Å². The van der Waals surface area contributed by atoms with Crippen LogP contribution in [0.1, 0.15) is 35.8 Å². The van der Waals surface area contributed by atoms with Crippen molar-refractivity contribution >= 4 is 11.6 Å². The third kappa shape index (κ3) is 3.45. The van der Waals surface area contributed by atoms with E-state index in [1.807, 2.05) is 44.3 Å². The van der Waals surface area contributed by atoms with Gasteiger partial charge in [-0.15, -0.1) is 0 Å². The average molecular weight is 272 g/mol. The molecule has 0 atom stereocenters. The maximum atomic E-state index is 12.1. The number of nitrogens with one attached hydrogen (secondary N) is 1. The molecular formula is C15H20N4O. The van der Waals surface area contributed by atoms with Crippen LogP contribution in [-0.4, -0.2) is 22.2 Å². The Bertz CT molecular complexity index is 572. The van der Waals surface area contributed by atoms with Crippen molar-refractivity contribution in [3.8, 4) is 0 Å². The maximum absolute atomic E-state index is 12.1. The first-order valence-electron chi connectivity index (χ1n) is 6.74. The van der Waals surface area contributed by atoms with Crippen LogP contribution in [0.2, 0.25) is 0 Å². The van der Waals surface area contributed by atoms with E-state index in [9.17, 15) is 4.79 Å². The van der Waals surface area contributed by atoms with Gasteiger partial charge in [-0.05, 0) is 44.5 Å². The quantitative estimate of drug-likeness (QED) is 0.876. The molecule has 0 radical (unpaired) electrons. The number of nitrogens with zero attached hydrogens (tertiary/aromatic N) is 2. The van der Waals surface area contributed by atoms with Gasteiger partial charge in [0, 0.05) is 17.8 Å². The fraction of sp³-hybridized carbons (Fsp3) is 0.333. The second-order valence-electron chi connectivity index (χ2n) is 4.99. The van der Waals surface area contributed by atoms with Crippen molar-refractivity contribution in [2.75, 3.05) is 11.9 Å². The molecule has 0 aliphatic heterocycles.